The van der Waals surface area contributed by atoms with Crippen molar-refractivity contribution < 1.29 is 4.42 Å². The Morgan fingerprint density at radius 3 is 2.86 bits per heavy atom. The van der Waals surface area contributed by atoms with Crippen LogP contribution in [0.15, 0.2) is 4.42 Å². The van der Waals surface area contributed by atoms with E-state index in [0.29, 0.717) is 30.1 Å². The maximum Gasteiger partial charge on any atom is 0.315 e. The largest absolute Gasteiger partial charge is 0.408 e. The van der Waals surface area contributed by atoms with Gasteiger partial charge in [0, 0.05) is 18.8 Å². The Kier molecular flexibility index (Phi) is 4.73. The molecule has 0 fully saturated rings. The van der Waals surface area contributed by atoms with Gasteiger partial charge in [0.1, 0.15) is 0 Å². The number of nitrogens with zero attached hydrogens (tertiary/aromatic N) is 2. The third-order valence-corrected chi connectivity index (χ3v) is 1.96. The van der Waals surface area contributed by atoms with Crippen LogP contribution in [0.4, 0.5) is 6.01 Å². The molecule has 0 amide bonds. The first-order chi connectivity index (χ1) is 6.72. The van der Waals surface area contributed by atoms with Crippen LogP contribution >= 0.6 is 11.6 Å². The minimum atomic E-state index is 0.491. The van der Waals surface area contributed by atoms with Gasteiger partial charge in [-0.3, -0.25) is 0 Å². The second-order valence-corrected chi connectivity index (χ2v) is 3.93. The molecule has 14 heavy (non-hydrogen) atoms. The highest BCUT2D eigenvalue weighted by Gasteiger charge is 2.04. The van der Waals surface area contributed by atoms with E-state index in [1.165, 1.54) is 0 Å². The van der Waals surface area contributed by atoms with E-state index in [2.05, 4.69) is 29.4 Å². The van der Waals surface area contributed by atoms with Gasteiger partial charge in [-0.05, 0) is 12.3 Å². The van der Waals surface area contributed by atoms with Crippen LogP contribution in [0.5, 0.6) is 0 Å². The predicted molar refractivity (Wildman–Crippen MR) is 56.7 cm³/mol. The van der Waals surface area contributed by atoms with E-state index < -0.39 is 0 Å². The van der Waals surface area contributed by atoms with Crippen molar-refractivity contribution in [3.63, 3.8) is 0 Å². The van der Waals surface area contributed by atoms with Crippen molar-refractivity contribution in [2.75, 3.05) is 17.7 Å². The Morgan fingerprint density at radius 2 is 2.21 bits per heavy atom. The van der Waals surface area contributed by atoms with E-state index >= 15 is 0 Å². The number of hydrogen-bond acceptors (Lipinski definition) is 4. The molecule has 0 aliphatic heterocycles. The van der Waals surface area contributed by atoms with E-state index in [1.54, 1.807) is 0 Å². The molecule has 0 saturated carbocycles. The molecule has 0 aromatic carbocycles. The molecular formula is C9H16ClN3O. The molecule has 1 aromatic rings. The second-order valence-electron chi connectivity index (χ2n) is 3.55. The second kappa shape index (κ2) is 5.86. The van der Waals surface area contributed by atoms with Gasteiger partial charge in [0.05, 0.1) is 0 Å². The third kappa shape index (κ3) is 3.96. The van der Waals surface area contributed by atoms with Gasteiger partial charge in [-0.15, -0.1) is 16.7 Å². The Morgan fingerprint density at radius 1 is 1.43 bits per heavy atom. The Labute approximate surface area is 89.0 Å². The van der Waals surface area contributed by atoms with Crippen molar-refractivity contribution in [1.29, 1.82) is 0 Å². The van der Waals surface area contributed by atoms with Crippen molar-refractivity contribution >= 4 is 17.6 Å². The molecule has 0 unspecified atom stereocenters. The van der Waals surface area contributed by atoms with Gasteiger partial charge in [-0.2, -0.15) is 0 Å². The fraction of sp³-hybridized carbons (Fsp3) is 0.778. The normalized spacial score (nSPS) is 10.9. The molecule has 5 heteroatoms. The van der Waals surface area contributed by atoms with Crippen molar-refractivity contribution in [3.05, 3.63) is 5.89 Å². The predicted octanol–water partition coefficient (Wildman–Crippen LogP) is 2.31. The summed E-state index contributed by atoms with van der Waals surface area (Å²) in [6.45, 7) is 5.21. The third-order valence-electron chi connectivity index (χ3n) is 1.77. The van der Waals surface area contributed by atoms with Crippen LogP contribution in [0.1, 0.15) is 26.2 Å². The highest BCUT2D eigenvalue weighted by atomic mass is 35.5. The standard InChI is InChI=1S/C9H16ClN3O/c1-7(2)4-6-11-9-13-12-8(14-9)3-5-10/h7H,3-6H2,1-2H3,(H,11,13). The maximum absolute atomic E-state index is 5.54. The molecule has 0 aliphatic carbocycles. The Balaban J connectivity index is 2.28. The molecule has 80 valence electrons. The summed E-state index contributed by atoms with van der Waals surface area (Å²) >= 11 is 5.54. The first-order valence-electron chi connectivity index (χ1n) is 4.84. The fourth-order valence-corrected chi connectivity index (χ4v) is 1.14. The number of aryl methyl sites for hydroxylation is 1. The summed E-state index contributed by atoms with van der Waals surface area (Å²) in [6.07, 6.45) is 1.72. The van der Waals surface area contributed by atoms with Gasteiger partial charge in [0.25, 0.3) is 0 Å². The monoisotopic (exact) mass is 217 g/mol. The van der Waals surface area contributed by atoms with Crippen LogP contribution in [0.2, 0.25) is 0 Å². The molecular weight excluding hydrogens is 202 g/mol. The summed E-state index contributed by atoms with van der Waals surface area (Å²) in [5.41, 5.74) is 0. The van der Waals surface area contributed by atoms with Crippen LogP contribution < -0.4 is 5.32 Å². The summed E-state index contributed by atoms with van der Waals surface area (Å²) < 4.78 is 5.29. The highest BCUT2D eigenvalue weighted by Crippen LogP contribution is 2.07. The quantitative estimate of drug-likeness (QED) is 0.743. The first-order valence-corrected chi connectivity index (χ1v) is 5.38. The number of rotatable bonds is 6. The maximum atomic E-state index is 5.54. The lowest BCUT2D eigenvalue weighted by molar-refractivity contribution is 0.507. The molecule has 0 atom stereocenters. The van der Waals surface area contributed by atoms with Crippen molar-refractivity contribution in [2.24, 2.45) is 5.92 Å². The average molecular weight is 218 g/mol. The van der Waals surface area contributed by atoms with Crippen molar-refractivity contribution in [3.8, 4) is 0 Å². The molecule has 1 heterocycles. The number of aromatic nitrogens is 2. The molecule has 0 radical (unpaired) electrons. The van der Waals surface area contributed by atoms with Crippen LogP contribution in [-0.4, -0.2) is 22.6 Å². The Bertz CT molecular complexity index is 262. The molecule has 4 nitrogen and oxygen atoms in total. The van der Waals surface area contributed by atoms with Crippen LogP contribution in [0.25, 0.3) is 0 Å². The first kappa shape index (κ1) is 11.3. The van der Waals surface area contributed by atoms with Gasteiger partial charge in [0.2, 0.25) is 5.89 Å². The Hall–Kier alpha value is -0.770. The number of halogens is 1. The van der Waals surface area contributed by atoms with Crippen LogP contribution in [0.3, 0.4) is 0 Å². The SMILES string of the molecule is CC(C)CCNc1nnc(CCCl)o1. The van der Waals surface area contributed by atoms with Crippen LogP contribution in [0, 0.1) is 5.92 Å². The molecule has 0 spiro atoms. The molecule has 1 aromatic heterocycles. The average Bonchev–Trinajstić information content (AvgIpc) is 2.53. The minimum Gasteiger partial charge on any atom is -0.408 e. The van der Waals surface area contributed by atoms with Crippen LogP contribution in [-0.2, 0) is 6.42 Å². The molecule has 1 N–H and O–H groups in total. The van der Waals surface area contributed by atoms with Gasteiger partial charge in [0.15, 0.2) is 0 Å². The summed E-state index contributed by atoms with van der Waals surface area (Å²) in [5, 5.41) is 10.8. The number of alkyl halides is 1. The van der Waals surface area contributed by atoms with Gasteiger partial charge >= 0.3 is 6.01 Å². The van der Waals surface area contributed by atoms with E-state index in [0.717, 1.165) is 13.0 Å². The summed E-state index contributed by atoms with van der Waals surface area (Å²) in [5.74, 6) is 1.77. The zero-order chi connectivity index (χ0) is 10.4. The zero-order valence-corrected chi connectivity index (χ0v) is 9.34. The number of anilines is 1. The van der Waals surface area contributed by atoms with E-state index in [9.17, 15) is 0 Å². The minimum absolute atomic E-state index is 0.491. The highest BCUT2D eigenvalue weighted by molar-refractivity contribution is 6.17. The van der Waals surface area contributed by atoms with Gasteiger partial charge in [-0.1, -0.05) is 18.9 Å². The lowest BCUT2D eigenvalue weighted by Crippen LogP contribution is -2.04. The number of hydrogen-bond donors (Lipinski definition) is 1. The van der Waals surface area contributed by atoms with Crippen molar-refractivity contribution in [1.82, 2.24) is 10.2 Å². The van der Waals surface area contributed by atoms with E-state index in [4.69, 9.17) is 16.0 Å². The smallest absolute Gasteiger partial charge is 0.315 e. The van der Waals surface area contributed by atoms with E-state index in [1.807, 2.05) is 0 Å². The lowest BCUT2D eigenvalue weighted by atomic mass is 10.1. The number of nitrogens with one attached hydrogen (secondary N) is 1. The van der Waals surface area contributed by atoms with Gasteiger partial charge in [-0.25, -0.2) is 0 Å². The fourth-order valence-electron chi connectivity index (χ4n) is 0.975. The molecule has 1 rings (SSSR count). The summed E-state index contributed by atoms with van der Waals surface area (Å²) in [7, 11) is 0. The summed E-state index contributed by atoms with van der Waals surface area (Å²) in [4.78, 5) is 0. The zero-order valence-electron chi connectivity index (χ0n) is 8.59. The summed E-state index contributed by atoms with van der Waals surface area (Å²) in [6, 6.07) is 0.491. The van der Waals surface area contributed by atoms with Crippen molar-refractivity contribution in [2.45, 2.75) is 26.7 Å². The lowest BCUT2D eigenvalue weighted by Gasteiger charge is -2.03. The molecule has 0 saturated heterocycles. The molecule has 0 aliphatic rings. The van der Waals surface area contributed by atoms with E-state index in [-0.39, 0.29) is 0 Å². The topological polar surface area (TPSA) is 51.0 Å². The van der Waals surface area contributed by atoms with Gasteiger partial charge < -0.3 is 9.73 Å². The molecule has 0 bridgehead atoms.